The van der Waals surface area contributed by atoms with Crippen molar-refractivity contribution in [2.45, 2.75) is 32.6 Å². The second-order valence-electron chi connectivity index (χ2n) is 4.04. The Morgan fingerprint density at radius 3 is 2.56 bits per heavy atom. The van der Waals surface area contributed by atoms with Gasteiger partial charge in [-0.1, -0.05) is 6.92 Å². The molecule has 98 valence electrons. The molecule has 0 aromatic heterocycles. The SMILES string of the molecule is CC(CO)CCCNS(=O)(=O)CCCCCl. The molecule has 0 saturated heterocycles. The number of nitrogens with one attached hydrogen (secondary N) is 1. The number of aliphatic hydroxyl groups is 1. The Morgan fingerprint density at radius 1 is 1.31 bits per heavy atom. The van der Waals surface area contributed by atoms with Crippen molar-refractivity contribution in [3.63, 3.8) is 0 Å². The van der Waals surface area contributed by atoms with E-state index in [0.717, 1.165) is 19.3 Å². The maximum Gasteiger partial charge on any atom is 0.211 e. The summed E-state index contributed by atoms with van der Waals surface area (Å²) in [6.45, 7) is 2.55. The molecule has 0 aliphatic carbocycles. The lowest BCUT2D eigenvalue weighted by Gasteiger charge is -2.08. The molecule has 0 aromatic carbocycles. The van der Waals surface area contributed by atoms with E-state index >= 15 is 0 Å². The van der Waals surface area contributed by atoms with Crippen molar-refractivity contribution in [1.82, 2.24) is 4.72 Å². The summed E-state index contributed by atoms with van der Waals surface area (Å²) >= 11 is 5.47. The summed E-state index contributed by atoms with van der Waals surface area (Å²) in [5.74, 6) is 0.888. The average molecular weight is 272 g/mol. The van der Waals surface area contributed by atoms with E-state index in [0.29, 0.717) is 18.8 Å². The third-order valence-corrected chi connectivity index (χ3v) is 4.04. The molecule has 0 spiro atoms. The zero-order valence-corrected chi connectivity index (χ0v) is 11.4. The van der Waals surface area contributed by atoms with Crippen LogP contribution in [-0.2, 0) is 10.0 Å². The lowest BCUT2D eigenvalue weighted by Crippen LogP contribution is -2.27. The van der Waals surface area contributed by atoms with Crippen LogP contribution in [0.3, 0.4) is 0 Å². The van der Waals surface area contributed by atoms with E-state index in [2.05, 4.69) is 4.72 Å². The van der Waals surface area contributed by atoms with Crippen molar-refractivity contribution in [2.75, 3.05) is 24.8 Å². The lowest BCUT2D eigenvalue weighted by atomic mass is 10.1. The van der Waals surface area contributed by atoms with Gasteiger partial charge >= 0.3 is 0 Å². The molecular formula is C10H22ClNO3S. The standard InChI is InChI=1S/C10H22ClNO3S/c1-10(9-13)5-4-7-12-16(14,15)8-3-2-6-11/h10,12-13H,2-9H2,1H3. The minimum absolute atomic E-state index is 0.148. The van der Waals surface area contributed by atoms with Crippen molar-refractivity contribution < 1.29 is 13.5 Å². The quantitative estimate of drug-likeness (QED) is 0.465. The number of halogens is 1. The van der Waals surface area contributed by atoms with Crippen LogP contribution >= 0.6 is 11.6 Å². The smallest absolute Gasteiger partial charge is 0.211 e. The van der Waals surface area contributed by atoms with Crippen molar-refractivity contribution in [3.05, 3.63) is 0 Å². The fourth-order valence-electron chi connectivity index (χ4n) is 1.23. The maximum atomic E-state index is 11.4. The first-order valence-electron chi connectivity index (χ1n) is 5.66. The first-order chi connectivity index (χ1) is 7.52. The number of hydrogen-bond donors (Lipinski definition) is 2. The Hall–Kier alpha value is 0.160. The molecule has 0 aromatic rings. The number of hydrogen-bond acceptors (Lipinski definition) is 3. The zero-order valence-electron chi connectivity index (χ0n) is 9.78. The minimum atomic E-state index is -3.13. The Bertz CT molecular complexity index is 257. The molecule has 4 nitrogen and oxygen atoms in total. The van der Waals surface area contributed by atoms with Crippen LogP contribution in [0.15, 0.2) is 0 Å². The van der Waals surface area contributed by atoms with Crippen LogP contribution in [0, 0.1) is 5.92 Å². The van der Waals surface area contributed by atoms with E-state index < -0.39 is 10.0 Å². The highest BCUT2D eigenvalue weighted by Crippen LogP contribution is 2.03. The van der Waals surface area contributed by atoms with Crippen molar-refractivity contribution >= 4 is 21.6 Å². The molecule has 0 bridgehead atoms. The molecule has 0 amide bonds. The normalized spacial score (nSPS) is 13.9. The van der Waals surface area contributed by atoms with Gasteiger partial charge in [0.05, 0.1) is 5.75 Å². The van der Waals surface area contributed by atoms with Crippen LogP contribution in [0.4, 0.5) is 0 Å². The monoisotopic (exact) mass is 271 g/mol. The summed E-state index contributed by atoms with van der Waals surface area (Å²) < 4.78 is 25.4. The topological polar surface area (TPSA) is 66.4 Å². The van der Waals surface area contributed by atoms with Crippen LogP contribution in [0.1, 0.15) is 32.6 Å². The molecule has 1 unspecified atom stereocenters. The van der Waals surface area contributed by atoms with Gasteiger partial charge in [0.25, 0.3) is 0 Å². The Balaban J connectivity index is 3.58. The molecular weight excluding hydrogens is 250 g/mol. The van der Waals surface area contributed by atoms with Crippen LogP contribution in [-0.4, -0.2) is 38.3 Å². The second kappa shape index (κ2) is 9.22. The number of unbranched alkanes of at least 4 members (excludes halogenated alkanes) is 1. The van der Waals surface area contributed by atoms with E-state index in [1.807, 2.05) is 6.92 Å². The van der Waals surface area contributed by atoms with Gasteiger partial charge in [-0.15, -0.1) is 11.6 Å². The van der Waals surface area contributed by atoms with E-state index in [1.165, 1.54) is 0 Å². The van der Waals surface area contributed by atoms with Crippen LogP contribution < -0.4 is 4.72 Å². The molecule has 0 aliphatic heterocycles. The summed E-state index contributed by atoms with van der Waals surface area (Å²) in [5, 5.41) is 8.79. The maximum absolute atomic E-state index is 11.4. The second-order valence-corrected chi connectivity index (χ2v) is 6.34. The molecule has 2 N–H and O–H groups in total. The highest BCUT2D eigenvalue weighted by atomic mass is 35.5. The first-order valence-corrected chi connectivity index (χ1v) is 7.84. The van der Waals surface area contributed by atoms with E-state index in [4.69, 9.17) is 16.7 Å². The Kier molecular flexibility index (Phi) is 9.31. The molecule has 0 rings (SSSR count). The fourth-order valence-corrected chi connectivity index (χ4v) is 2.60. The summed E-state index contributed by atoms with van der Waals surface area (Å²) in [7, 11) is -3.13. The minimum Gasteiger partial charge on any atom is -0.396 e. The third-order valence-electron chi connectivity index (χ3n) is 2.30. The summed E-state index contributed by atoms with van der Waals surface area (Å²) in [6.07, 6.45) is 2.92. The molecule has 0 saturated carbocycles. The summed E-state index contributed by atoms with van der Waals surface area (Å²) in [6, 6.07) is 0. The molecule has 1 atom stereocenters. The summed E-state index contributed by atoms with van der Waals surface area (Å²) in [4.78, 5) is 0. The van der Waals surface area contributed by atoms with Gasteiger partial charge in [-0.05, 0) is 31.6 Å². The number of aliphatic hydroxyl groups excluding tert-OH is 1. The van der Waals surface area contributed by atoms with Crippen molar-refractivity contribution in [2.24, 2.45) is 5.92 Å². The zero-order chi connectivity index (χ0) is 12.4. The number of rotatable bonds is 10. The van der Waals surface area contributed by atoms with Gasteiger partial charge in [0.1, 0.15) is 0 Å². The molecule has 16 heavy (non-hydrogen) atoms. The van der Waals surface area contributed by atoms with Gasteiger partial charge < -0.3 is 5.11 Å². The van der Waals surface area contributed by atoms with Gasteiger partial charge in [0.15, 0.2) is 0 Å². The van der Waals surface area contributed by atoms with E-state index in [9.17, 15) is 8.42 Å². The lowest BCUT2D eigenvalue weighted by molar-refractivity contribution is 0.228. The molecule has 0 fully saturated rings. The van der Waals surface area contributed by atoms with Gasteiger partial charge in [0.2, 0.25) is 10.0 Å². The van der Waals surface area contributed by atoms with E-state index in [1.54, 1.807) is 0 Å². The average Bonchev–Trinajstić information content (AvgIpc) is 2.24. The van der Waals surface area contributed by atoms with Gasteiger partial charge in [-0.3, -0.25) is 0 Å². The predicted octanol–water partition coefficient (Wildman–Crippen LogP) is 1.33. The molecule has 6 heteroatoms. The van der Waals surface area contributed by atoms with Gasteiger partial charge in [-0.25, -0.2) is 13.1 Å². The van der Waals surface area contributed by atoms with Gasteiger partial charge in [0, 0.05) is 19.0 Å². The van der Waals surface area contributed by atoms with Crippen molar-refractivity contribution in [3.8, 4) is 0 Å². The number of alkyl halides is 1. The largest absolute Gasteiger partial charge is 0.396 e. The highest BCUT2D eigenvalue weighted by Gasteiger charge is 2.08. The fraction of sp³-hybridized carbons (Fsp3) is 1.00. The Labute approximate surface area is 103 Å². The van der Waals surface area contributed by atoms with Crippen LogP contribution in [0.5, 0.6) is 0 Å². The van der Waals surface area contributed by atoms with Gasteiger partial charge in [-0.2, -0.15) is 0 Å². The van der Waals surface area contributed by atoms with Crippen LogP contribution in [0.2, 0.25) is 0 Å². The first kappa shape index (κ1) is 16.2. The third kappa shape index (κ3) is 9.39. The number of sulfonamides is 1. The molecule has 0 radical (unpaired) electrons. The highest BCUT2D eigenvalue weighted by molar-refractivity contribution is 7.89. The van der Waals surface area contributed by atoms with Crippen molar-refractivity contribution in [1.29, 1.82) is 0 Å². The summed E-state index contributed by atoms with van der Waals surface area (Å²) in [5.41, 5.74) is 0. The molecule has 0 heterocycles. The molecule has 0 aliphatic rings. The predicted molar refractivity (Wildman–Crippen MR) is 67.2 cm³/mol. The Morgan fingerprint density at radius 2 is 2.00 bits per heavy atom. The van der Waals surface area contributed by atoms with Crippen LogP contribution in [0.25, 0.3) is 0 Å². The van der Waals surface area contributed by atoms with E-state index in [-0.39, 0.29) is 18.3 Å².